The molecule has 2 aromatic rings. The molecule has 3 rings (SSSR count). The summed E-state index contributed by atoms with van der Waals surface area (Å²) in [6, 6.07) is 12.2. The van der Waals surface area contributed by atoms with Gasteiger partial charge in [0.25, 0.3) is 5.91 Å². The fourth-order valence-corrected chi connectivity index (χ4v) is 3.66. The van der Waals surface area contributed by atoms with Crippen molar-refractivity contribution in [3.63, 3.8) is 0 Å². The molecule has 0 aliphatic heterocycles. The van der Waals surface area contributed by atoms with Gasteiger partial charge in [0.05, 0.1) is 18.8 Å². The van der Waals surface area contributed by atoms with Crippen molar-refractivity contribution >= 4 is 18.0 Å². The molecular weight excluding hydrogens is 380 g/mol. The summed E-state index contributed by atoms with van der Waals surface area (Å²) in [5, 5.41) is 13.9. The molecule has 0 bridgehead atoms. The summed E-state index contributed by atoms with van der Waals surface area (Å²) < 4.78 is 6.86. The van der Waals surface area contributed by atoms with Crippen LogP contribution in [0.1, 0.15) is 43.2 Å². The SMILES string of the molecule is CN(C(=O)COC(=O)/C=C/c1cnn(Cc2ccccc2)c1)C1(C#N)CCCCC1. The zero-order valence-electron chi connectivity index (χ0n) is 17.2. The van der Waals surface area contributed by atoms with Gasteiger partial charge in [0, 0.05) is 24.9 Å². The molecule has 1 saturated carbocycles. The second-order valence-corrected chi connectivity index (χ2v) is 7.55. The Morgan fingerprint density at radius 2 is 2.00 bits per heavy atom. The summed E-state index contributed by atoms with van der Waals surface area (Å²) in [6.07, 6.45) is 10.6. The van der Waals surface area contributed by atoms with Gasteiger partial charge in [-0.15, -0.1) is 0 Å². The van der Waals surface area contributed by atoms with E-state index in [0.29, 0.717) is 19.4 Å². The molecule has 7 nitrogen and oxygen atoms in total. The molecule has 7 heteroatoms. The van der Waals surface area contributed by atoms with Gasteiger partial charge in [0.15, 0.2) is 6.61 Å². The maximum atomic E-state index is 12.4. The summed E-state index contributed by atoms with van der Waals surface area (Å²) in [4.78, 5) is 25.9. The molecule has 1 amide bonds. The number of aromatic nitrogens is 2. The number of nitrogens with zero attached hydrogens (tertiary/aromatic N) is 4. The molecular formula is C23H26N4O3. The first kappa shape index (κ1) is 21.3. The molecule has 1 heterocycles. The largest absolute Gasteiger partial charge is 0.452 e. The highest BCUT2D eigenvalue weighted by molar-refractivity contribution is 5.89. The number of amides is 1. The van der Waals surface area contributed by atoms with Crippen molar-refractivity contribution in [1.29, 1.82) is 5.26 Å². The molecule has 1 aromatic carbocycles. The fourth-order valence-electron chi connectivity index (χ4n) is 3.66. The number of carbonyl (C=O) groups is 2. The van der Waals surface area contributed by atoms with Gasteiger partial charge in [-0.05, 0) is 24.5 Å². The fraction of sp³-hybridized carbons (Fsp3) is 0.391. The van der Waals surface area contributed by atoms with Gasteiger partial charge < -0.3 is 9.64 Å². The Balaban J connectivity index is 1.49. The van der Waals surface area contributed by atoms with Gasteiger partial charge in [-0.25, -0.2) is 4.79 Å². The minimum atomic E-state index is -0.787. The Morgan fingerprint density at radius 3 is 2.70 bits per heavy atom. The maximum absolute atomic E-state index is 12.4. The Morgan fingerprint density at radius 1 is 1.27 bits per heavy atom. The van der Waals surface area contributed by atoms with E-state index in [4.69, 9.17) is 4.74 Å². The van der Waals surface area contributed by atoms with Crippen LogP contribution in [0.2, 0.25) is 0 Å². The smallest absolute Gasteiger partial charge is 0.331 e. The summed E-state index contributed by atoms with van der Waals surface area (Å²) >= 11 is 0. The van der Waals surface area contributed by atoms with Crippen molar-refractivity contribution in [2.45, 2.75) is 44.2 Å². The molecule has 30 heavy (non-hydrogen) atoms. The lowest BCUT2D eigenvalue weighted by molar-refractivity contribution is -0.150. The van der Waals surface area contributed by atoms with E-state index < -0.39 is 11.5 Å². The van der Waals surface area contributed by atoms with Gasteiger partial charge in [0.2, 0.25) is 0 Å². The molecule has 0 radical (unpaired) electrons. The van der Waals surface area contributed by atoms with Crippen molar-refractivity contribution in [2.24, 2.45) is 0 Å². The molecule has 1 aliphatic carbocycles. The van der Waals surface area contributed by atoms with Crippen LogP contribution in [-0.4, -0.2) is 45.8 Å². The molecule has 0 saturated heterocycles. The third-order valence-electron chi connectivity index (χ3n) is 5.50. The van der Waals surface area contributed by atoms with E-state index in [1.54, 1.807) is 24.0 Å². The number of esters is 1. The second kappa shape index (κ2) is 9.88. The van der Waals surface area contributed by atoms with Crippen LogP contribution in [0.3, 0.4) is 0 Å². The van der Waals surface area contributed by atoms with Crippen LogP contribution in [0.25, 0.3) is 6.08 Å². The summed E-state index contributed by atoms with van der Waals surface area (Å²) in [5.41, 5.74) is 1.11. The lowest BCUT2D eigenvalue weighted by atomic mass is 9.81. The number of hydrogen-bond donors (Lipinski definition) is 0. The van der Waals surface area contributed by atoms with E-state index in [1.165, 1.54) is 11.0 Å². The maximum Gasteiger partial charge on any atom is 0.331 e. The van der Waals surface area contributed by atoms with Gasteiger partial charge in [-0.2, -0.15) is 10.4 Å². The number of carbonyl (C=O) groups excluding carboxylic acids is 2. The van der Waals surface area contributed by atoms with Crippen LogP contribution < -0.4 is 0 Å². The first-order chi connectivity index (χ1) is 14.5. The van der Waals surface area contributed by atoms with Crippen molar-refractivity contribution in [2.75, 3.05) is 13.7 Å². The normalized spacial score (nSPS) is 15.5. The minimum absolute atomic E-state index is 0.365. The minimum Gasteiger partial charge on any atom is -0.452 e. The average molecular weight is 406 g/mol. The number of rotatable bonds is 7. The van der Waals surface area contributed by atoms with Crippen molar-refractivity contribution in [3.05, 3.63) is 59.9 Å². The zero-order chi connectivity index (χ0) is 21.4. The molecule has 0 N–H and O–H groups in total. The molecule has 0 atom stereocenters. The van der Waals surface area contributed by atoms with Crippen LogP contribution in [0.5, 0.6) is 0 Å². The van der Waals surface area contributed by atoms with Crippen LogP contribution in [0.4, 0.5) is 0 Å². The molecule has 1 fully saturated rings. The van der Waals surface area contributed by atoms with Crippen molar-refractivity contribution < 1.29 is 14.3 Å². The van der Waals surface area contributed by atoms with E-state index >= 15 is 0 Å². The van der Waals surface area contributed by atoms with E-state index in [2.05, 4.69) is 11.2 Å². The number of ether oxygens (including phenoxy) is 1. The van der Waals surface area contributed by atoms with Gasteiger partial charge in [-0.1, -0.05) is 49.6 Å². The van der Waals surface area contributed by atoms with Gasteiger partial charge in [0.1, 0.15) is 5.54 Å². The van der Waals surface area contributed by atoms with Crippen LogP contribution in [0, 0.1) is 11.3 Å². The van der Waals surface area contributed by atoms with Crippen molar-refractivity contribution in [3.8, 4) is 6.07 Å². The predicted molar refractivity (Wildman–Crippen MR) is 112 cm³/mol. The van der Waals surface area contributed by atoms with Gasteiger partial charge >= 0.3 is 5.97 Å². The Bertz CT molecular complexity index is 937. The summed E-state index contributed by atoms with van der Waals surface area (Å²) in [5.74, 6) is -0.974. The summed E-state index contributed by atoms with van der Waals surface area (Å²) in [6.45, 7) is 0.261. The summed E-state index contributed by atoms with van der Waals surface area (Å²) in [7, 11) is 1.61. The first-order valence-electron chi connectivity index (χ1n) is 10.1. The molecule has 0 spiro atoms. The number of hydrogen-bond acceptors (Lipinski definition) is 5. The standard InChI is InChI=1S/C23H26N4O3/c1-26(23(18-24)12-6-3-7-13-23)21(28)17-30-22(29)11-10-20-14-25-27(16-20)15-19-8-4-2-5-9-19/h2,4-5,8-11,14,16H,3,6-7,12-13,15,17H2,1H3/b11-10+. The van der Waals surface area contributed by atoms with E-state index in [9.17, 15) is 14.9 Å². The zero-order valence-corrected chi connectivity index (χ0v) is 17.2. The molecule has 156 valence electrons. The first-order valence-corrected chi connectivity index (χ1v) is 10.1. The van der Waals surface area contributed by atoms with Crippen molar-refractivity contribution in [1.82, 2.24) is 14.7 Å². The topological polar surface area (TPSA) is 88.2 Å². The third-order valence-corrected chi connectivity index (χ3v) is 5.50. The van der Waals surface area contributed by atoms with Crippen LogP contribution >= 0.6 is 0 Å². The second-order valence-electron chi connectivity index (χ2n) is 7.55. The average Bonchev–Trinajstić information content (AvgIpc) is 3.23. The molecule has 1 aliphatic rings. The predicted octanol–water partition coefficient (Wildman–Crippen LogP) is 3.17. The van der Waals surface area contributed by atoms with E-state index in [-0.39, 0.29) is 12.5 Å². The number of nitriles is 1. The number of benzene rings is 1. The Hall–Kier alpha value is -3.40. The van der Waals surface area contributed by atoms with Gasteiger partial charge in [-0.3, -0.25) is 9.48 Å². The number of likely N-dealkylation sites (N-methyl/N-ethyl adjacent to an activating group) is 1. The van der Waals surface area contributed by atoms with Crippen LogP contribution in [0.15, 0.2) is 48.8 Å². The quantitative estimate of drug-likeness (QED) is 0.521. The monoisotopic (exact) mass is 406 g/mol. The Labute approximate surface area is 176 Å². The lowest BCUT2D eigenvalue weighted by Crippen LogP contribution is -2.51. The highest BCUT2D eigenvalue weighted by Gasteiger charge is 2.38. The van der Waals surface area contributed by atoms with E-state index in [0.717, 1.165) is 30.4 Å². The van der Waals surface area contributed by atoms with E-state index in [1.807, 2.05) is 36.5 Å². The highest BCUT2D eigenvalue weighted by Crippen LogP contribution is 2.32. The highest BCUT2D eigenvalue weighted by atomic mass is 16.5. The molecule has 1 aromatic heterocycles. The third kappa shape index (κ3) is 5.35. The molecule has 0 unspecified atom stereocenters. The van der Waals surface area contributed by atoms with Crippen LogP contribution in [-0.2, 0) is 20.9 Å². The lowest BCUT2D eigenvalue weighted by Gasteiger charge is -2.38. The Kier molecular flexibility index (Phi) is 7.02.